The molecule has 1 aromatic heterocycles. The van der Waals surface area contributed by atoms with Crippen LogP contribution in [-0.4, -0.2) is 33.9 Å². The van der Waals surface area contributed by atoms with Crippen molar-refractivity contribution in [2.75, 3.05) is 18.0 Å². The fourth-order valence-electron chi connectivity index (χ4n) is 3.73. The van der Waals surface area contributed by atoms with E-state index in [0.29, 0.717) is 12.1 Å². The standard InChI is InChI=1S/C19H22N4O/c1-2-17(14-8-4-3-5-9-14)23-13-16-15(18(23)24)12-20-19(21-16)22-10-6-7-11-22/h3-5,8-9,12,17H,2,6-7,10-11,13H2,1H3/t17-/m1/s1. The zero-order valence-corrected chi connectivity index (χ0v) is 14.0. The Hall–Kier alpha value is -2.43. The summed E-state index contributed by atoms with van der Waals surface area (Å²) in [5.41, 5.74) is 2.70. The lowest BCUT2D eigenvalue weighted by Gasteiger charge is -2.27. The third-order valence-electron chi connectivity index (χ3n) is 5.00. The first kappa shape index (κ1) is 15.1. The molecule has 0 unspecified atom stereocenters. The lowest BCUT2D eigenvalue weighted by atomic mass is 10.0. The SMILES string of the molecule is CC[C@H](c1ccccc1)N1Cc2nc(N3CCCC3)ncc2C1=O. The van der Waals surface area contributed by atoms with Gasteiger partial charge in [-0.3, -0.25) is 4.79 Å². The molecule has 24 heavy (non-hydrogen) atoms. The molecule has 1 aromatic carbocycles. The molecule has 5 nitrogen and oxygen atoms in total. The van der Waals surface area contributed by atoms with Crippen molar-refractivity contribution in [3.63, 3.8) is 0 Å². The summed E-state index contributed by atoms with van der Waals surface area (Å²) in [4.78, 5) is 26.1. The lowest BCUT2D eigenvalue weighted by molar-refractivity contribution is 0.0695. The molecule has 0 saturated carbocycles. The molecule has 1 amide bonds. The van der Waals surface area contributed by atoms with Crippen LogP contribution in [0.5, 0.6) is 0 Å². The van der Waals surface area contributed by atoms with E-state index >= 15 is 0 Å². The minimum Gasteiger partial charge on any atom is -0.341 e. The van der Waals surface area contributed by atoms with Crippen LogP contribution in [0.15, 0.2) is 36.5 Å². The highest BCUT2D eigenvalue weighted by molar-refractivity contribution is 5.97. The molecule has 0 N–H and O–H groups in total. The molecule has 0 bridgehead atoms. The van der Waals surface area contributed by atoms with Gasteiger partial charge in [0.05, 0.1) is 23.8 Å². The van der Waals surface area contributed by atoms with E-state index in [1.165, 1.54) is 18.4 Å². The predicted octanol–water partition coefficient (Wildman–Crippen LogP) is 3.18. The Bertz CT molecular complexity index is 740. The largest absolute Gasteiger partial charge is 0.341 e. The summed E-state index contributed by atoms with van der Waals surface area (Å²) in [6, 6.07) is 10.3. The highest BCUT2D eigenvalue weighted by Gasteiger charge is 2.34. The van der Waals surface area contributed by atoms with Gasteiger partial charge in [-0.05, 0) is 24.8 Å². The average molecular weight is 322 g/mol. The molecule has 1 fully saturated rings. The van der Waals surface area contributed by atoms with Crippen molar-refractivity contribution in [1.29, 1.82) is 0 Å². The van der Waals surface area contributed by atoms with E-state index in [9.17, 15) is 4.79 Å². The van der Waals surface area contributed by atoms with Crippen LogP contribution in [0.25, 0.3) is 0 Å². The number of carbonyl (C=O) groups is 1. The number of amides is 1. The van der Waals surface area contributed by atoms with E-state index in [4.69, 9.17) is 4.98 Å². The number of fused-ring (bicyclic) bond motifs is 1. The predicted molar refractivity (Wildman–Crippen MR) is 92.8 cm³/mol. The molecule has 124 valence electrons. The first-order valence-electron chi connectivity index (χ1n) is 8.74. The van der Waals surface area contributed by atoms with Crippen LogP contribution in [0.4, 0.5) is 5.95 Å². The zero-order valence-electron chi connectivity index (χ0n) is 14.0. The van der Waals surface area contributed by atoms with Crippen molar-refractivity contribution in [3.8, 4) is 0 Å². The quantitative estimate of drug-likeness (QED) is 0.867. The molecule has 0 aliphatic carbocycles. The second-order valence-corrected chi connectivity index (χ2v) is 6.49. The molecular weight excluding hydrogens is 300 g/mol. The van der Waals surface area contributed by atoms with Crippen LogP contribution in [0.1, 0.15) is 53.8 Å². The Labute approximate surface area is 142 Å². The number of anilines is 1. The van der Waals surface area contributed by atoms with Crippen molar-refractivity contribution in [1.82, 2.24) is 14.9 Å². The number of benzene rings is 1. The summed E-state index contributed by atoms with van der Waals surface area (Å²) in [5, 5.41) is 0. The van der Waals surface area contributed by atoms with Gasteiger partial charge in [-0.1, -0.05) is 37.3 Å². The van der Waals surface area contributed by atoms with Gasteiger partial charge < -0.3 is 9.80 Å². The minimum absolute atomic E-state index is 0.0497. The zero-order chi connectivity index (χ0) is 16.5. The van der Waals surface area contributed by atoms with Crippen molar-refractivity contribution in [3.05, 3.63) is 53.3 Å². The van der Waals surface area contributed by atoms with Gasteiger partial charge in [0.25, 0.3) is 5.91 Å². The monoisotopic (exact) mass is 322 g/mol. The number of nitrogens with zero attached hydrogens (tertiary/aromatic N) is 4. The first-order chi connectivity index (χ1) is 11.8. The third-order valence-corrected chi connectivity index (χ3v) is 5.00. The van der Waals surface area contributed by atoms with E-state index in [-0.39, 0.29) is 11.9 Å². The molecule has 1 saturated heterocycles. The van der Waals surface area contributed by atoms with Gasteiger partial charge in [-0.2, -0.15) is 0 Å². The van der Waals surface area contributed by atoms with Gasteiger partial charge >= 0.3 is 0 Å². The Kier molecular flexibility index (Phi) is 3.92. The summed E-state index contributed by atoms with van der Waals surface area (Å²) in [6.07, 6.45) is 4.99. The second-order valence-electron chi connectivity index (χ2n) is 6.49. The highest BCUT2D eigenvalue weighted by atomic mass is 16.2. The number of hydrogen-bond acceptors (Lipinski definition) is 4. The maximum absolute atomic E-state index is 12.8. The van der Waals surface area contributed by atoms with Gasteiger partial charge in [0, 0.05) is 19.3 Å². The number of carbonyl (C=O) groups excluding carboxylic acids is 1. The molecule has 3 heterocycles. The van der Waals surface area contributed by atoms with E-state index in [2.05, 4.69) is 28.9 Å². The molecule has 2 aliphatic rings. The van der Waals surface area contributed by atoms with E-state index < -0.39 is 0 Å². The van der Waals surface area contributed by atoms with Gasteiger partial charge in [0.15, 0.2) is 0 Å². The molecule has 2 aliphatic heterocycles. The summed E-state index contributed by atoms with van der Waals surface area (Å²) in [6.45, 7) is 4.72. The minimum atomic E-state index is 0.0497. The molecule has 2 aromatic rings. The smallest absolute Gasteiger partial charge is 0.258 e. The number of aromatic nitrogens is 2. The van der Waals surface area contributed by atoms with Crippen molar-refractivity contribution in [2.45, 2.75) is 38.8 Å². The van der Waals surface area contributed by atoms with Crippen molar-refractivity contribution in [2.24, 2.45) is 0 Å². The Balaban J connectivity index is 1.62. The van der Waals surface area contributed by atoms with Crippen molar-refractivity contribution >= 4 is 11.9 Å². The van der Waals surface area contributed by atoms with Crippen LogP contribution in [0.3, 0.4) is 0 Å². The highest BCUT2D eigenvalue weighted by Crippen LogP contribution is 2.33. The number of hydrogen-bond donors (Lipinski definition) is 0. The topological polar surface area (TPSA) is 49.3 Å². The van der Waals surface area contributed by atoms with Crippen molar-refractivity contribution < 1.29 is 4.79 Å². The summed E-state index contributed by atoms with van der Waals surface area (Å²) in [5.74, 6) is 0.822. The molecule has 1 atom stereocenters. The lowest BCUT2D eigenvalue weighted by Crippen LogP contribution is -2.28. The molecule has 4 rings (SSSR count). The molecule has 0 radical (unpaired) electrons. The normalized spacial score (nSPS) is 18.1. The van der Waals surface area contributed by atoms with Crippen LogP contribution in [-0.2, 0) is 6.54 Å². The summed E-state index contributed by atoms with van der Waals surface area (Å²) < 4.78 is 0. The molecular formula is C19H22N4O. The number of rotatable bonds is 4. The fourth-order valence-corrected chi connectivity index (χ4v) is 3.73. The van der Waals surface area contributed by atoms with E-state index in [0.717, 1.165) is 31.2 Å². The van der Waals surface area contributed by atoms with Crippen LogP contribution < -0.4 is 4.90 Å². The Morgan fingerprint density at radius 3 is 2.62 bits per heavy atom. The van der Waals surface area contributed by atoms with Gasteiger partial charge in [-0.25, -0.2) is 9.97 Å². The Morgan fingerprint density at radius 2 is 1.92 bits per heavy atom. The van der Waals surface area contributed by atoms with Crippen LogP contribution in [0.2, 0.25) is 0 Å². The van der Waals surface area contributed by atoms with Gasteiger partial charge in [-0.15, -0.1) is 0 Å². The average Bonchev–Trinajstić information content (AvgIpc) is 3.26. The van der Waals surface area contributed by atoms with Crippen LogP contribution in [0, 0.1) is 0 Å². The molecule has 5 heteroatoms. The summed E-state index contributed by atoms with van der Waals surface area (Å²) >= 11 is 0. The summed E-state index contributed by atoms with van der Waals surface area (Å²) in [7, 11) is 0. The Morgan fingerprint density at radius 1 is 1.17 bits per heavy atom. The van der Waals surface area contributed by atoms with Crippen LogP contribution >= 0.6 is 0 Å². The third kappa shape index (κ3) is 2.54. The van der Waals surface area contributed by atoms with E-state index in [1.54, 1.807) is 6.20 Å². The van der Waals surface area contributed by atoms with Gasteiger partial charge in [0.1, 0.15) is 0 Å². The maximum atomic E-state index is 12.8. The second kappa shape index (κ2) is 6.23. The first-order valence-corrected chi connectivity index (χ1v) is 8.74. The van der Waals surface area contributed by atoms with Gasteiger partial charge in [0.2, 0.25) is 5.95 Å². The van der Waals surface area contributed by atoms with E-state index in [1.807, 2.05) is 23.1 Å². The molecule has 0 spiro atoms. The fraction of sp³-hybridized carbons (Fsp3) is 0.421. The maximum Gasteiger partial charge on any atom is 0.258 e.